The van der Waals surface area contributed by atoms with Crippen molar-refractivity contribution in [1.82, 2.24) is 35.5 Å². The minimum absolute atomic E-state index is 0.155. The molecule has 0 aliphatic rings. The summed E-state index contributed by atoms with van der Waals surface area (Å²) in [5, 5.41) is 14.4. The molecule has 34 heavy (non-hydrogen) atoms. The van der Waals surface area contributed by atoms with Crippen molar-refractivity contribution in [2.24, 2.45) is 0 Å². The number of rotatable bonds is 6. The summed E-state index contributed by atoms with van der Waals surface area (Å²) >= 11 is 6.41. The molecule has 0 radical (unpaired) electrons. The van der Waals surface area contributed by atoms with Crippen LogP contribution < -0.4 is 5.32 Å². The van der Waals surface area contributed by atoms with Crippen LogP contribution in [0.3, 0.4) is 0 Å². The number of imidazole rings is 1. The van der Waals surface area contributed by atoms with Crippen molar-refractivity contribution in [2.75, 3.05) is 6.54 Å². The van der Waals surface area contributed by atoms with Crippen LogP contribution >= 0.6 is 11.6 Å². The topological polar surface area (TPSA) is 101 Å². The molecule has 0 bridgehead atoms. The second-order valence-electron chi connectivity index (χ2n) is 8.17. The Morgan fingerprint density at radius 3 is 2.62 bits per heavy atom. The molecular weight excluding hydrogens is 450 g/mol. The Morgan fingerprint density at radius 2 is 1.88 bits per heavy atom. The number of tetrazole rings is 1. The molecule has 0 aliphatic heterocycles. The van der Waals surface area contributed by atoms with Gasteiger partial charge in [-0.05, 0) is 71.3 Å². The molecular formula is C25H22ClN7O. The van der Waals surface area contributed by atoms with E-state index in [1.165, 1.54) is 22.1 Å². The van der Waals surface area contributed by atoms with Gasteiger partial charge in [0.1, 0.15) is 12.2 Å². The van der Waals surface area contributed by atoms with Crippen molar-refractivity contribution in [1.29, 1.82) is 0 Å². The van der Waals surface area contributed by atoms with E-state index in [0.717, 1.165) is 22.4 Å². The number of hydrogen-bond donors (Lipinski definition) is 2. The molecule has 170 valence electrons. The number of hydrogen-bond acceptors (Lipinski definition) is 5. The molecule has 1 amide bonds. The van der Waals surface area contributed by atoms with Gasteiger partial charge in [-0.3, -0.25) is 4.79 Å². The summed E-state index contributed by atoms with van der Waals surface area (Å²) in [5.74, 6) is 0.376. The van der Waals surface area contributed by atoms with Crippen LogP contribution in [-0.4, -0.2) is 42.6 Å². The van der Waals surface area contributed by atoms with Gasteiger partial charge in [0.05, 0.1) is 33.2 Å². The zero-order valence-electron chi connectivity index (χ0n) is 18.7. The highest BCUT2D eigenvalue weighted by atomic mass is 35.5. The molecule has 0 saturated heterocycles. The van der Waals surface area contributed by atoms with Crippen LogP contribution in [0.1, 0.15) is 38.8 Å². The predicted octanol–water partition coefficient (Wildman–Crippen LogP) is 4.37. The van der Waals surface area contributed by atoms with Gasteiger partial charge in [-0.2, -0.15) is 0 Å². The fourth-order valence-electron chi connectivity index (χ4n) is 3.91. The molecule has 9 heteroatoms. The van der Waals surface area contributed by atoms with Crippen LogP contribution in [0.4, 0.5) is 0 Å². The maximum atomic E-state index is 13.0. The summed E-state index contributed by atoms with van der Waals surface area (Å²) in [6.07, 6.45) is 1.46. The van der Waals surface area contributed by atoms with Crippen LogP contribution in [0, 0.1) is 13.8 Å². The molecule has 5 aromatic rings. The lowest BCUT2D eigenvalue weighted by atomic mass is 9.98. The number of carbonyl (C=O) groups excluding carboxylic acids is 1. The first-order valence-corrected chi connectivity index (χ1v) is 11.2. The van der Waals surface area contributed by atoms with Crippen molar-refractivity contribution in [2.45, 2.75) is 19.8 Å². The highest BCUT2D eigenvalue weighted by Gasteiger charge is 2.21. The predicted molar refractivity (Wildman–Crippen MR) is 130 cm³/mol. The van der Waals surface area contributed by atoms with E-state index in [1.807, 2.05) is 30.3 Å². The normalized spacial score (nSPS) is 12.1. The number of aryl methyl sites for hydroxylation is 2. The van der Waals surface area contributed by atoms with Crippen LogP contribution in [0.25, 0.3) is 16.7 Å². The largest absolute Gasteiger partial charge is 0.351 e. The van der Waals surface area contributed by atoms with Gasteiger partial charge in [0, 0.05) is 6.54 Å². The minimum atomic E-state index is -0.267. The van der Waals surface area contributed by atoms with E-state index in [4.69, 9.17) is 16.6 Å². The maximum Gasteiger partial charge on any atom is 0.252 e. The zero-order valence-corrected chi connectivity index (χ0v) is 19.4. The fourth-order valence-corrected chi connectivity index (χ4v) is 4.17. The van der Waals surface area contributed by atoms with Crippen LogP contribution in [0.15, 0.2) is 67.0 Å². The van der Waals surface area contributed by atoms with Gasteiger partial charge in [-0.1, -0.05) is 41.9 Å². The smallest absolute Gasteiger partial charge is 0.252 e. The monoisotopic (exact) mass is 471 g/mol. The summed E-state index contributed by atoms with van der Waals surface area (Å²) < 4.78 is 1.48. The van der Waals surface area contributed by atoms with E-state index in [-0.39, 0.29) is 11.8 Å². The molecule has 0 aliphatic carbocycles. The first kappa shape index (κ1) is 21.8. The van der Waals surface area contributed by atoms with Gasteiger partial charge >= 0.3 is 0 Å². The molecule has 2 aromatic heterocycles. The maximum absolute atomic E-state index is 13.0. The molecule has 2 N–H and O–H groups in total. The minimum Gasteiger partial charge on any atom is -0.351 e. The number of amides is 1. The molecule has 0 spiro atoms. The van der Waals surface area contributed by atoms with Gasteiger partial charge in [0.2, 0.25) is 0 Å². The van der Waals surface area contributed by atoms with Gasteiger partial charge in [0.15, 0.2) is 0 Å². The fraction of sp³-hybridized carbons (Fsp3) is 0.160. The Morgan fingerprint density at radius 1 is 1.09 bits per heavy atom. The highest BCUT2D eigenvalue weighted by molar-refractivity contribution is 6.34. The zero-order chi connectivity index (χ0) is 23.7. The molecule has 1 atom stereocenters. The third-order valence-electron chi connectivity index (χ3n) is 5.93. The Bertz CT molecular complexity index is 1420. The summed E-state index contributed by atoms with van der Waals surface area (Å²) in [7, 11) is 0. The van der Waals surface area contributed by atoms with Gasteiger partial charge in [-0.15, -0.1) is 5.10 Å². The quantitative estimate of drug-likeness (QED) is 0.383. The van der Waals surface area contributed by atoms with E-state index < -0.39 is 0 Å². The van der Waals surface area contributed by atoms with Crippen molar-refractivity contribution < 1.29 is 4.79 Å². The number of aromatic amines is 1. The molecule has 0 fully saturated rings. The summed E-state index contributed by atoms with van der Waals surface area (Å²) in [6.45, 7) is 4.51. The molecule has 8 nitrogen and oxygen atoms in total. The lowest BCUT2D eigenvalue weighted by Crippen LogP contribution is -2.29. The number of fused-ring (bicyclic) bond motifs is 1. The van der Waals surface area contributed by atoms with Crippen molar-refractivity contribution in [3.8, 4) is 5.69 Å². The Labute approximate surface area is 201 Å². The van der Waals surface area contributed by atoms with Crippen molar-refractivity contribution >= 4 is 28.5 Å². The SMILES string of the molecule is Cc1cc2nc(C(CNC(=O)c3ccc(-n4cnnn4)cc3Cl)c3ccccc3)[nH]c2cc1C. The second-order valence-corrected chi connectivity index (χ2v) is 8.57. The molecule has 2 heterocycles. The third kappa shape index (κ3) is 4.27. The lowest BCUT2D eigenvalue weighted by Gasteiger charge is -2.16. The number of halogens is 1. The number of nitrogens with zero attached hydrogens (tertiary/aromatic N) is 5. The first-order valence-electron chi connectivity index (χ1n) is 10.8. The number of nitrogens with one attached hydrogen (secondary N) is 2. The molecule has 0 saturated carbocycles. The highest BCUT2D eigenvalue weighted by Crippen LogP contribution is 2.26. The number of H-pyrrole nitrogens is 1. The second kappa shape index (κ2) is 9.07. The van der Waals surface area contributed by atoms with Gasteiger partial charge in [0.25, 0.3) is 5.91 Å². The third-order valence-corrected chi connectivity index (χ3v) is 6.24. The Kier molecular flexibility index (Phi) is 5.81. The number of benzene rings is 3. The average Bonchev–Trinajstić information content (AvgIpc) is 3.50. The lowest BCUT2D eigenvalue weighted by molar-refractivity contribution is 0.0952. The van der Waals surface area contributed by atoms with E-state index in [9.17, 15) is 4.79 Å². The summed E-state index contributed by atoms with van der Waals surface area (Å²) in [6, 6.07) is 19.3. The van der Waals surface area contributed by atoms with E-state index in [1.54, 1.807) is 18.2 Å². The molecule has 5 rings (SSSR count). The number of carbonyl (C=O) groups is 1. The first-order chi connectivity index (χ1) is 16.5. The Hall–Kier alpha value is -4.04. The summed E-state index contributed by atoms with van der Waals surface area (Å²) in [5.41, 5.74) is 6.37. The van der Waals surface area contributed by atoms with Gasteiger partial charge < -0.3 is 10.3 Å². The number of aromatic nitrogens is 6. The van der Waals surface area contributed by atoms with Crippen LogP contribution in [0.5, 0.6) is 0 Å². The van der Waals surface area contributed by atoms with E-state index in [2.05, 4.69) is 51.8 Å². The molecule has 1 unspecified atom stereocenters. The van der Waals surface area contributed by atoms with Crippen molar-refractivity contribution in [3.05, 3.63) is 100 Å². The standard InChI is InChI=1S/C25H22ClN7O/c1-15-10-22-23(11-16(15)2)30-24(29-22)20(17-6-4-3-5-7-17)13-27-25(34)19-9-8-18(12-21(19)26)33-14-28-31-32-33/h3-12,14,20H,13H2,1-2H3,(H,27,34)(H,29,30). The van der Waals surface area contributed by atoms with Crippen molar-refractivity contribution in [3.63, 3.8) is 0 Å². The van der Waals surface area contributed by atoms with Crippen LogP contribution in [-0.2, 0) is 0 Å². The van der Waals surface area contributed by atoms with E-state index >= 15 is 0 Å². The summed E-state index contributed by atoms with van der Waals surface area (Å²) in [4.78, 5) is 21.3. The average molecular weight is 472 g/mol. The van der Waals surface area contributed by atoms with Crippen LogP contribution in [0.2, 0.25) is 5.02 Å². The van der Waals surface area contributed by atoms with E-state index in [0.29, 0.717) is 22.8 Å². The van der Waals surface area contributed by atoms with Gasteiger partial charge in [-0.25, -0.2) is 9.67 Å². The molecule has 3 aromatic carbocycles. The Balaban J connectivity index is 1.41.